The maximum Gasteiger partial charge on any atom is 0.419 e. The van der Waals surface area contributed by atoms with Gasteiger partial charge in [0.05, 0.1) is 11.7 Å². The zero-order valence-corrected chi connectivity index (χ0v) is 21.0. The fraction of sp³-hybridized carbons (Fsp3) is 0.444. The van der Waals surface area contributed by atoms with Crippen LogP contribution < -0.4 is 22.1 Å². The Morgan fingerprint density at radius 1 is 1.16 bits per heavy atom. The number of amides is 2. The Morgan fingerprint density at radius 2 is 2.00 bits per heavy atom. The molecule has 11 heteroatoms. The summed E-state index contributed by atoms with van der Waals surface area (Å²) in [6, 6.07) is 8.43. The number of nitrogens with one attached hydrogen (secondary N) is 2. The van der Waals surface area contributed by atoms with Gasteiger partial charge in [0.1, 0.15) is 11.4 Å². The number of hydrogen-bond donors (Lipinski definition) is 3. The fourth-order valence-corrected chi connectivity index (χ4v) is 8.61. The first-order valence-electron chi connectivity index (χ1n) is 13.0. The average molecular weight is 514 g/mol. The molecule has 0 spiro atoms. The van der Waals surface area contributed by atoms with E-state index in [1.165, 1.54) is 15.1 Å². The van der Waals surface area contributed by atoms with Crippen molar-refractivity contribution in [3.8, 4) is 0 Å². The summed E-state index contributed by atoms with van der Waals surface area (Å²) in [5.74, 6) is 1.90. The number of hydrogen-bond acceptors (Lipinski definition) is 7. The third kappa shape index (κ3) is 2.41. The van der Waals surface area contributed by atoms with Crippen LogP contribution in [0.4, 0.5) is 0 Å². The predicted molar refractivity (Wildman–Crippen MR) is 135 cm³/mol. The third-order valence-electron chi connectivity index (χ3n) is 10.4. The van der Waals surface area contributed by atoms with Gasteiger partial charge < -0.3 is 20.8 Å². The minimum atomic E-state index is -0.443. The first-order chi connectivity index (χ1) is 18.2. The summed E-state index contributed by atoms with van der Waals surface area (Å²) in [6.45, 7) is 3.10. The molecular formula is C27H27N7O4. The molecule has 0 bridgehead atoms. The molecule has 7 unspecified atom stereocenters. The number of nitrogens with two attached hydrogens (primary N) is 1. The maximum atomic E-state index is 13.4. The molecule has 2 amide bonds. The monoisotopic (exact) mass is 513 g/mol. The summed E-state index contributed by atoms with van der Waals surface area (Å²) < 4.78 is 8.04. The van der Waals surface area contributed by atoms with Crippen LogP contribution in [0.3, 0.4) is 0 Å². The van der Waals surface area contributed by atoms with Gasteiger partial charge in [0.25, 0.3) is 11.8 Å². The Balaban J connectivity index is 0.999. The highest BCUT2D eigenvalue weighted by Crippen LogP contribution is 2.92. The molecule has 4 aliphatic carbocycles. The SMILES string of the molecule is CC1C2C3C4C(CC24CNC(=O)c2cc(C(=O)NCc4ccc5oc(=O)n(C)c5c4)nc4ccnn24)C13N. The van der Waals surface area contributed by atoms with Gasteiger partial charge in [0.2, 0.25) is 0 Å². The lowest BCUT2D eigenvalue weighted by Crippen LogP contribution is -3.00. The summed E-state index contributed by atoms with van der Waals surface area (Å²) in [6.07, 6.45) is 2.65. The molecule has 1 aromatic carbocycles. The van der Waals surface area contributed by atoms with Gasteiger partial charge in [-0.1, -0.05) is 13.0 Å². The first kappa shape index (κ1) is 22.0. The van der Waals surface area contributed by atoms with Crippen molar-refractivity contribution >= 4 is 28.6 Å². The lowest BCUT2D eigenvalue weighted by atomic mass is 9.09. The van der Waals surface area contributed by atoms with E-state index < -0.39 is 11.7 Å². The number of aryl methyl sites for hydroxylation is 1. The Morgan fingerprint density at radius 3 is 2.76 bits per heavy atom. The van der Waals surface area contributed by atoms with E-state index in [2.05, 4.69) is 27.6 Å². The zero-order valence-electron chi connectivity index (χ0n) is 21.0. The number of rotatable bonds is 6. The highest BCUT2D eigenvalue weighted by Gasteiger charge is 2.93. The van der Waals surface area contributed by atoms with Crippen molar-refractivity contribution < 1.29 is 14.0 Å². The van der Waals surface area contributed by atoms with Crippen LogP contribution in [0.25, 0.3) is 16.7 Å². The second-order valence-corrected chi connectivity index (χ2v) is 11.6. The Hall–Kier alpha value is -3.99. The number of oxazole rings is 1. The van der Waals surface area contributed by atoms with Gasteiger partial charge in [-0.2, -0.15) is 5.10 Å². The highest BCUT2D eigenvalue weighted by atomic mass is 16.4. The van der Waals surface area contributed by atoms with Crippen molar-refractivity contribution in [3.63, 3.8) is 0 Å². The van der Waals surface area contributed by atoms with Crippen LogP contribution in [0, 0.1) is 35.0 Å². The molecule has 8 rings (SSSR count). The number of aromatic nitrogens is 4. The van der Waals surface area contributed by atoms with Crippen LogP contribution in [0.2, 0.25) is 0 Å². The van der Waals surface area contributed by atoms with E-state index in [1.54, 1.807) is 37.5 Å². The van der Waals surface area contributed by atoms with Crippen LogP contribution in [-0.4, -0.2) is 43.1 Å². The topological polar surface area (TPSA) is 150 Å². The number of fused-ring (bicyclic) bond motifs is 4. The standard InChI is InChI=1S/C27H27N7O4/c1-12-20-22-21-14(27(12,22)28)9-26(20,21)11-30-24(36)17-8-15(32-19-5-6-31-34(17)19)23(35)29-10-13-3-4-18-16(7-13)33(2)25(37)38-18/h3-8,12,14,20-22H,9-11,28H2,1-2H3,(H,29,35)(H,30,36). The van der Waals surface area contributed by atoms with Gasteiger partial charge in [-0.05, 0) is 59.1 Å². The Labute approximate surface area is 216 Å². The van der Waals surface area contributed by atoms with Crippen molar-refractivity contribution in [1.29, 1.82) is 0 Å². The summed E-state index contributed by atoms with van der Waals surface area (Å²) in [7, 11) is 1.63. The van der Waals surface area contributed by atoms with Gasteiger partial charge in [0.15, 0.2) is 11.2 Å². The second-order valence-electron chi connectivity index (χ2n) is 11.6. The third-order valence-corrected chi connectivity index (χ3v) is 10.4. The molecular weight excluding hydrogens is 486 g/mol. The number of benzene rings is 1. The van der Waals surface area contributed by atoms with Crippen molar-refractivity contribution in [2.45, 2.75) is 25.4 Å². The molecule has 3 aromatic heterocycles. The molecule has 194 valence electrons. The molecule has 4 aliphatic rings. The van der Waals surface area contributed by atoms with Crippen LogP contribution in [0.1, 0.15) is 39.9 Å². The average Bonchev–Trinajstić information content (AvgIpc) is 3.50. The second kappa shape index (κ2) is 6.90. The fourth-order valence-electron chi connectivity index (χ4n) is 8.61. The summed E-state index contributed by atoms with van der Waals surface area (Å²) >= 11 is 0. The van der Waals surface area contributed by atoms with Gasteiger partial charge in [0, 0.05) is 37.8 Å². The summed E-state index contributed by atoms with van der Waals surface area (Å²) in [5, 5.41) is 10.3. The molecule has 4 aromatic rings. The van der Waals surface area contributed by atoms with Crippen LogP contribution in [0.5, 0.6) is 0 Å². The zero-order chi connectivity index (χ0) is 26.1. The molecule has 3 heterocycles. The van der Waals surface area contributed by atoms with Crippen LogP contribution in [0.15, 0.2) is 45.7 Å². The molecule has 4 fully saturated rings. The van der Waals surface area contributed by atoms with Gasteiger partial charge in [-0.3, -0.25) is 14.2 Å². The van der Waals surface area contributed by atoms with E-state index in [0.29, 0.717) is 52.9 Å². The van der Waals surface area contributed by atoms with Crippen molar-refractivity contribution in [2.24, 2.45) is 47.8 Å². The van der Waals surface area contributed by atoms with Crippen molar-refractivity contribution in [2.75, 3.05) is 6.54 Å². The molecule has 0 radical (unpaired) electrons. The smallest absolute Gasteiger partial charge is 0.408 e. The van der Waals surface area contributed by atoms with E-state index >= 15 is 0 Å². The van der Waals surface area contributed by atoms with Crippen LogP contribution >= 0.6 is 0 Å². The van der Waals surface area contributed by atoms with E-state index in [1.807, 2.05) is 0 Å². The van der Waals surface area contributed by atoms with Crippen molar-refractivity contribution in [3.05, 3.63) is 64.0 Å². The quantitative estimate of drug-likeness (QED) is 0.349. The normalized spacial score (nSPS) is 33.5. The minimum Gasteiger partial charge on any atom is -0.408 e. The van der Waals surface area contributed by atoms with E-state index in [0.717, 1.165) is 12.0 Å². The molecule has 0 saturated heterocycles. The van der Waals surface area contributed by atoms with Gasteiger partial charge in [-0.15, -0.1) is 0 Å². The molecule has 4 saturated carbocycles. The maximum absolute atomic E-state index is 13.4. The molecule has 11 nitrogen and oxygen atoms in total. The number of nitrogens with zero attached hydrogens (tertiary/aromatic N) is 4. The van der Waals surface area contributed by atoms with E-state index in [9.17, 15) is 14.4 Å². The highest BCUT2D eigenvalue weighted by molar-refractivity contribution is 5.98. The Kier molecular flexibility index (Phi) is 4.00. The first-order valence-corrected chi connectivity index (χ1v) is 13.0. The summed E-state index contributed by atoms with van der Waals surface area (Å²) in [5.41, 5.74) is 9.61. The van der Waals surface area contributed by atoms with E-state index in [-0.39, 0.29) is 34.8 Å². The molecule has 4 N–H and O–H groups in total. The van der Waals surface area contributed by atoms with E-state index in [4.69, 9.17) is 10.2 Å². The lowest BCUT2D eigenvalue weighted by molar-refractivity contribution is -0.461. The van der Waals surface area contributed by atoms with Gasteiger partial charge >= 0.3 is 5.76 Å². The molecule has 38 heavy (non-hydrogen) atoms. The molecule has 0 aliphatic heterocycles. The minimum absolute atomic E-state index is 0.0522. The van der Waals surface area contributed by atoms with Gasteiger partial charge in [-0.25, -0.2) is 14.3 Å². The largest absolute Gasteiger partial charge is 0.419 e. The van der Waals surface area contributed by atoms with Crippen molar-refractivity contribution in [1.82, 2.24) is 29.8 Å². The lowest BCUT2D eigenvalue weighted by Gasteiger charge is -2.96. The predicted octanol–water partition coefficient (Wildman–Crippen LogP) is 1.06. The summed E-state index contributed by atoms with van der Waals surface area (Å²) in [4.78, 5) is 42.6. The molecule has 7 atom stereocenters. The number of carbonyl (C=O) groups is 2. The Bertz CT molecular complexity index is 1750. The van der Waals surface area contributed by atoms with Crippen LogP contribution in [-0.2, 0) is 13.6 Å². The number of carbonyl (C=O) groups excluding carboxylic acids is 2.